The standard InChI is InChI=1S/C22H18O4/c1-21-15(13-9-5-3-6-10-13)16(14-11-7-4-8-12-14)22(2,19(21)23)18-17(21)25-20(24)26-18/h3-12,17-18H,1-2H3. The molecule has 26 heavy (non-hydrogen) atoms. The lowest BCUT2D eigenvalue weighted by atomic mass is 9.70. The lowest BCUT2D eigenvalue weighted by Crippen LogP contribution is -2.40. The fraction of sp³-hybridized carbons (Fsp3) is 0.273. The van der Waals surface area contributed by atoms with Gasteiger partial charge in [-0.3, -0.25) is 4.79 Å². The summed E-state index contributed by atoms with van der Waals surface area (Å²) in [6.07, 6.45) is -1.86. The first-order chi connectivity index (χ1) is 12.5. The molecule has 2 aliphatic carbocycles. The highest BCUT2D eigenvalue weighted by Crippen LogP contribution is 2.69. The number of hydrogen-bond acceptors (Lipinski definition) is 4. The zero-order chi connectivity index (χ0) is 18.1. The predicted molar refractivity (Wildman–Crippen MR) is 96.1 cm³/mol. The molecule has 0 radical (unpaired) electrons. The Hall–Kier alpha value is -2.88. The van der Waals surface area contributed by atoms with Crippen LogP contribution in [0, 0.1) is 10.8 Å². The van der Waals surface area contributed by atoms with E-state index in [1.54, 1.807) is 0 Å². The fourth-order valence-corrected chi connectivity index (χ4v) is 5.13. The minimum atomic E-state index is -0.919. The van der Waals surface area contributed by atoms with Gasteiger partial charge in [0.15, 0.2) is 18.0 Å². The Morgan fingerprint density at radius 2 is 1.08 bits per heavy atom. The van der Waals surface area contributed by atoms with Gasteiger partial charge in [0.25, 0.3) is 0 Å². The zero-order valence-corrected chi connectivity index (χ0v) is 14.6. The molecule has 5 rings (SSSR count). The van der Waals surface area contributed by atoms with Crippen molar-refractivity contribution in [1.82, 2.24) is 0 Å². The van der Waals surface area contributed by atoms with Crippen LogP contribution < -0.4 is 0 Å². The number of carbonyl (C=O) groups excluding carboxylic acids is 2. The number of Topliss-reactive ketones (excluding diaryl/α,β-unsaturated/α-hetero) is 1. The first-order valence-corrected chi connectivity index (χ1v) is 8.77. The average molecular weight is 346 g/mol. The molecule has 4 heteroatoms. The largest absolute Gasteiger partial charge is 0.509 e. The van der Waals surface area contributed by atoms with Gasteiger partial charge in [-0.2, -0.15) is 0 Å². The van der Waals surface area contributed by atoms with Gasteiger partial charge in [0.1, 0.15) is 0 Å². The Morgan fingerprint density at radius 3 is 1.46 bits per heavy atom. The van der Waals surface area contributed by atoms with Crippen LogP contribution in [0.1, 0.15) is 25.0 Å². The topological polar surface area (TPSA) is 52.6 Å². The molecular formula is C22H18O4. The first-order valence-electron chi connectivity index (χ1n) is 8.77. The van der Waals surface area contributed by atoms with E-state index in [2.05, 4.69) is 0 Å². The van der Waals surface area contributed by atoms with E-state index in [4.69, 9.17) is 9.47 Å². The molecule has 0 amide bonds. The van der Waals surface area contributed by atoms with Crippen molar-refractivity contribution in [2.75, 3.05) is 0 Å². The van der Waals surface area contributed by atoms with Gasteiger partial charge in [-0.25, -0.2) is 4.79 Å². The molecule has 0 spiro atoms. The number of fused-ring (bicyclic) bond motifs is 5. The molecular weight excluding hydrogens is 328 g/mol. The number of ketones is 1. The Kier molecular flexibility index (Phi) is 2.87. The van der Waals surface area contributed by atoms with Gasteiger partial charge in [-0.1, -0.05) is 60.7 Å². The maximum absolute atomic E-state index is 13.6. The lowest BCUT2D eigenvalue weighted by molar-refractivity contribution is -0.129. The predicted octanol–water partition coefficient (Wildman–Crippen LogP) is 4.11. The molecule has 2 bridgehead atoms. The van der Waals surface area contributed by atoms with Crippen LogP contribution in [0.5, 0.6) is 0 Å². The average Bonchev–Trinajstić information content (AvgIpc) is 3.20. The second-order valence-electron chi connectivity index (χ2n) is 7.54. The highest BCUT2D eigenvalue weighted by atomic mass is 16.8. The Bertz CT molecular complexity index is 887. The van der Waals surface area contributed by atoms with Crippen LogP contribution in [0.4, 0.5) is 4.79 Å². The zero-order valence-electron chi connectivity index (χ0n) is 14.6. The minimum Gasteiger partial charge on any atom is -0.426 e. The SMILES string of the molecule is CC12C(=O)C(C)(C(c3ccccc3)=C1c1ccccc1)C1OC(=O)OC12. The van der Waals surface area contributed by atoms with E-state index < -0.39 is 29.2 Å². The molecule has 0 aromatic heterocycles. The van der Waals surface area contributed by atoms with Crippen molar-refractivity contribution < 1.29 is 19.1 Å². The van der Waals surface area contributed by atoms with Gasteiger partial charge in [0, 0.05) is 0 Å². The quantitative estimate of drug-likeness (QED) is 0.768. The summed E-state index contributed by atoms with van der Waals surface area (Å²) in [6.45, 7) is 3.77. The summed E-state index contributed by atoms with van der Waals surface area (Å²) in [5, 5.41) is 0. The summed E-state index contributed by atoms with van der Waals surface area (Å²) < 4.78 is 11.0. The van der Waals surface area contributed by atoms with Crippen LogP contribution in [-0.4, -0.2) is 24.1 Å². The monoisotopic (exact) mass is 346 g/mol. The fourth-order valence-electron chi connectivity index (χ4n) is 5.13. The van der Waals surface area contributed by atoms with E-state index in [0.717, 1.165) is 22.3 Å². The van der Waals surface area contributed by atoms with Crippen molar-refractivity contribution in [3.8, 4) is 0 Å². The van der Waals surface area contributed by atoms with E-state index in [1.165, 1.54) is 0 Å². The second kappa shape index (κ2) is 4.85. The molecule has 4 atom stereocenters. The Labute approximate surface area is 151 Å². The maximum atomic E-state index is 13.6. The Morgan fingerprint density at radius 1 is 0.692 bits per heavy atom. The van der Waals surface area contributed by atoms with Gasteiger partial charge >= 0.3 is 6.16 Å². The number of rotatable bonds is 2. The van der Waals surface area contributed by atoms with Gasteiger partial charge in [0.05, 0.1) is 10.8 Å². The van der Waals surface area contributed by atoms with E-state index in [-0.39, 0.29) is 5.78 Å². The smallest absolute Gasteiger partial charge is 0.426 e. The van der Waals surface area contributed by atoms with Crippen molar-refractivity contribution in [3.63, 3.8) is 0 Å². The Balaban J connectivity index is 1.86. The van der Waals surface area contributed by atoms with Crippen LogP contribution >= 0.6 is 0 Å². The number of carbonyl (C=O) groups is 2. The first kappa shape index (κ1) is 15.4. The molecule has 4 unspecified atom stereocenters. The van der Waals surface area contributed by atoms with Crippen LogP contribution in [0.2, 0.25) is 0 Å². The summed E-state index contributed by atoms with van der Waals surface area (Å²) in [7, 11) is 0. The van der Waals surface area contributed by atoms with Crippen LogP contribution in [-0.2, 0) is 14.3 Å². The van der Waals surface area contributed by atoms with E-state index in [9.17, 15) is 9.59 Å². The molecule has 3 aliphatic rings. The van der Waals surface area contributed by atoms with Crippen LogP contribution in [0.15, 0.2) is 60.7 Å². The highest BCUT2D eigenvalue weighted by molar-refractivity contribution is 6.23. The summed E-state index contributed by atoms with van der Waals surface area (Å²) in [4.78, 5) is 25.5. The third-order valence-electron chi connectivity index (χ3n) is 6.22. The lowest BCUT2D eigenvalue weighted by Gasteiger charge is -2.35. The van der Waals surface area contributed by atoms with E-state index in [1.807, 2.05) is 74.5 Å². The molecule has 0 N–H and O–H groups in total. The number of hydrogen-bond donors (Lipinski definition) is 0. The number of benzene rings is 2. The molecule has 130 valence electrons. The molecule has 1 saturated carbocycles. The summed E-state index contributed by atoms with van der Waals surface area (Å²) in [6, 6.07) is 19.8. The third-order valence-corrected chi connectivity index (χ3v) is 6.22. The number of ether oxygens (including phenoxy) is 2. The summed E-state index contributed by atoms with van der Waals surface area (Å²) >= 11 is 0. The molecule has 2 fully saturated rings. The van der Waals surface area contributed by atoms with Crippen LogP contribution in [0.25, 0.3) is 11.1 Å². The van der Waals surface area contributed by atoms with Gasteiger partial charge < -0.3 is 9.47 Å². The molecule has 1 heterocycles. The van der Waals surface area contributed by atoms with Gasteiger partial charge in [-0.15, -0.1) is 0 Å². The summed E-state index contributed by atoms with van der Waals surface area (Å²) in [5.74, 6) is 0.0604. The van der Waals surface area contributed by atoms with Gasteiger partial charge in [0.2, 0.25) is 0 Å². The molecule has 2 aromatic rings. The minimum absolute atomic E-state index is 0.0604. The molecule has 1 aliphatic heterocycles. The van der Waals surface area contributed by atoms with E-state index >= 15 is 0 Å². The van der Waals surface area contributed by atoms with Crippen molar-refractivity contribution in [1.29, 1.82) is 0 Å². The highest BCUT2D eigenvalue weighted by Gasteiger charge is 2.77. The molecule has 2 aromatic carbocycles. The van der Waals surface area contributed by atoms with Gasteiger partial charge in [-0.05, 0) is 36.1 Å². The van der Waals surface area contributed by atoms with Crippen molar-refractivity contribution in [2.45, 2.75) is 26.1 Å². The van der Waals surface area contributed by atoms with Crippen molar-refractivity contribution >= 4 is 23.1 Å². The molecule has 1 saturated heterocycles. The van der Waals surface area contributed by atoms with Crippen LogP contribution in [0.3, 0.4) is 0 Å². The third kappa shape index (κ3) is 1.60. The van der Waals surface area contributed by atoms with Crippen molar-refractivity contribution in [3.05, 3.63) is 71.8 Å². The second-order valence-corrected chi connectivity index (χ2v) is 7.54. The molecule has 4 nitrogen and oxygen atoms in total. The van der Waals surface area contributed by atoms with E-state index in [0.29, 0.717) is 0 Å². The maximum Gasteiger partial charge on any atom is 0.509 e. The summed E-state index contributed by atoms with van der Waals surface area (Å²) in [5.41, 5.74) is 2.00. The normalized spacial score (nSPS) is 34.7. The van der Waals surface area contributed by atoms with Crippen molar-refractivity contribution in [2.24, 2.45) is 10.8 Å².